The highest BCUT2D eigenvalue weighted by Crippen LogP contribution is 2.17. The first-order valence-electron chi connectivity index (χ1n) is 7.08. The van der Waals surface area contributed by atoms with E-state index in [2.05, 4.69) is 20.4 Å². The fourth-order valence-electron chi connectivity index (χ4n) is 1.86. The number of nitrogens with one attached hydrogen (secondary N) is 2. The average molecular weight is 339 g/mol. The van der Waals surface area contributed by atoms with E-state index in [-0.39, 0.29) is 12.4 Å². The molecule has 0 fully saturated rings. The molecule has 0 unspecified atom stereocenters. The van der Waals surface area contributed by atoms with E-state index in [4.69, 9.17) is 0 Å². The molecule has 8 heteroatoms. The molecule has 0 atom stereocenters. The Morgan fingerprint density at radius 1 is 1.25 bits per heavy atom. The number of hydrogen-bond acceptors (Lipinski definition) is 3. The first-order chi connectivity index (χ1) is 11.3. The van der Waals surface area contributed by atoms with Gasteiger partial charge in [-0.05, 0) is 30.2 Å². The standard InChI is InChI=1S/C16H16F3N3O2/c1-11-4-2-3-5-13(11)22-15(23)21-9-12-6-7-20-14(8-12)24-10-16(17,18)19/h2-8H,9-10H2,1H3,(H2,21,22,23). The SMILES string of the molecule is Cc1ccccc1NC(=O)NCc1ccnc(OCC(F)(F)F)c1. The smallest absolute Gasteiger partial charge is 0.422 e. The molecule has 128 valence electrons. The number of benzene rings is 1. The monoisotopic (exact) mass is 339 g/mol. The van der Waals surface area contributed by atoms with Crippen molar-refractivity contribution in [1.29, 1.82) is 0 Å². The molecule has 2 amide bonds. The first-order valence-corrected chi connectivity index (χ1v) is 7.08. The van der Waals surface area contributed by atoms with Crippen LogP contribution in [-0.4, -0.2) is 23.8 Å². The number of nitrogens with zero attached hydrogens (tertiary/aromatic N) is 1. The number of anilines is 1. The van der Waals surface area contributed by atoms with Gasteiger partial charge in [0.25, 0.3) is 0 Å². The highest BCUT2D eigenvalue weighted by atomic mass is 19.4. The molecule has 5 nitrogen and oxygen atoms in total. The van der Waals surface area contributed by atoms with Crippen LogP contribution in [0.25, 0.3) is 0 Å². The van der Waals surface area contributed by atoms with Gasteiger partial charge in [-0.1, -0.05) is 18.2 Å². The van der Waals surface area contributed by atoms with Gasteiger partial charge in [0.2, 0.25) is 5.88 Å². The first kappa shape index (κ1) is 17.6. The van der Waals surface area contributed by atoms with E-state index in [0.717, 1.165) is 5.56 Å². The number of rotatable bonds is 5. The van der Waals surface area contributed by atoms with Crippen molar-refractivity contribution in [2.75, 3.05) is 11.9 Å². The van der Waals surface area contributed by atoms with Gasteiger partial charge in [0.1, 0.15) is 0 Å². The van der Waals surface area contributed by atoms with Crippen LogP contribution in [0.4, 0.5) is 23.7 Å². The molecular formula is C16H16F3N3O2. The zero-order chi connectivity index (χ0) is 17.6. The van der Waals surface area contributed by atoms with Crippen LogP contribution in [0.5, 0.6) is 5.88 Å². The second-order valence-corrected chi connectivity index (χ2v) is 5.03. The fraction of sp³-hybridized carbons (Fsp3) is 0.250. The van der Waals surface area contributed by atoms with Gasteiger partial charge in [-0.2, -0.15) is 13.2 Å². The lowest BCUT2D eigenvalue weighted by molar-refractivity contribution is -0.154. The molecule has 0 saturated carbocycles. The van der Waals surface area contributed by atoms with Crippen molar-refractivity contribution < 1.29 is 22.7 Å². The minimum atomic E-state index is -4.43. The highest BCUT2D eigenvalue weighted by Gasteiger charge is 2.28. The Kier molecular flexibility index (Phi) is 5.62. The van der Waals surface area contributed by atoms with Crippen molar-refractivity contribution in [1.82, 2.24) is 10.3 Å². The van der Waals surface area contributed by atoms with Crippen molar-refractivity contribution >= 4 is 11.7 Å². The van der Waals surface area contributed by atoms with Crippen LogP contribution in [0.15, 0.2) is 42.6 Å². The third-order valence-electron chi connectivity index (χ3n) is 3.03. The average Bonchev–Trinajstić information content (AvgIpc) is 2.53. The van der Waals surface area contributed by atoms with Gasteiger partial charge in [0.05, 0.1) is 0 Å². The lowest BCUT2D eigenvalue weighted by Gasteiger charge is -2.11. The van der Waals surface area contributed by atoms with E-state index in [0.29, 0.717) is 11.3 Å². The maximum atomic E-state index is 12.1. The maximum Gasteiger partial charge on any atom is 0.422 e. The van der Waals surface area contributed by atoms with Crippen LogP contribution in [0, 0.1) is 6.92 Å². The molecule has 0 aliphatic rings. The van der Waals surface area contributed by atoms with Gasteiger partial charge in [0, 0.05) is 24.5 Å². The van der Waals surface area contributed by atoms with Crippen molar-refractivity contribution in [3.05, 3.63) is 53.7 Å². The molecule has 2 aromatic rings. The molecule has 0 saturated heterocycles. The number of ether oxygens (including phenoxy) is 1. The predicted molar refractivity (Wildman–Crippen MR) is 82.8 cm³/mol. The summed E-state index contributed by atoms with van der Waals surface area (Å²) in [5, 5.41) is 5.31. The molecule has 1 heterocycles. The summed E-state index contributed by atoms with van der Waals surface area (Å²) in [6, 6.07) is 9.80. The van der Waals surface area contributed by atoms with Gasteiger partial charge in [-0.15, -0.1) is 0 Å². The molecule has 1 aromatic carbocycles. The summed E-state index contributed by atoms with van der Waals surface area (Å²) in [5.41, 5.74) is 2.17. The number of alkyl halides is 3. The third kappa shape index (κ3) is 5.79. The number of pyridine rings is 1. The van der Waals surface area contributed by atoms with Crippen molar-refractivity contribution in [3.63, 3.8) is 0 Å². The fourth-order valence-corrected chi connectivity index (χ4v) is 1.86. The summed E-state index contributed by atoms with van der Waals surface area (Å²) < 4.78 is 40.9. The molecule has 0 spiro atoms. The predicted octanol–water partition coefficient (Wildman–Crippen LogP) is 3.65. The molecule has 0 aliphatic carbocycles. The molecule has 24 heavy (non-hydrogen) atoms. The molecule has 2 N–H and O–H groups in total. The molecule has 0 radical (unpaired) electrons. The molecular weight excluding hydrogens is 323 g/mol. The molecule has 2 rings (SSSR count). The van der Waals surface area contributed by atoms with Crippen LogP contribution < -0.4 is 15.4 Å². The molecule has 0 bridgehead atoms. The van der Waals surface area contributed by atoms with Gasteiger partial charge < -0.3 is 15.4 Å². The summed E-state index contributed by atoms with van der Waals surface area (Å²) in [7, 11) is 0. The number of carbonyl (C=O) groups excluding carboxylic acids is 1. The number of halogens is 3. The largest absolute Gasteiger partial charge is 0.468 e. The Labute approximate surface area is 136 Å². The van der Waals surface area contributed by atoms with E-state index < -0.39 is 18.8 Å². The zero-order valence-corrected chi connectivity index (χ0v) is 12.9. The Morgan fingerprint density at radius 2 is 2.00 bits per heavy atom. The van der Waals surface area contributed by atoms with Crippen molar-refractivity contribution in [2.45, 2.75) is 19.6 Å². The molecule has 1 aromatic heterocycles. The lowest BCUT2D eigenvalue weighted by atomic mass is 10.2. The zero-order valence-electron chi connectivity index (χ0n) is 12.9. The van der Waals surface area contributed by atoms with E-state index >= 15 is 0 Å². The van der Waals surface area contributed by atoms with Crippen LogP contribution in [-0.2, 0) is 6.54 Å². The minimum Gasteiger partial charge on any atom is -0.468 e. The Hall–Kier alpha value is -2.77. The van der Waals surface area contributed by atoms with Crippen molar-refractivity contribution in [3.8, 4) is 5.88 Å². The molecule has 0 aliphatic heterocycles. The Balaban J connectivity index is 1.87. The van der Waals surface area contributed by atoms with Gasteiger partial charge in [0.15, 0.2) is 6.61 Å². The van der Waals surface area contributed by atoms with E-state index in [1.165, 1.54) is 12.3 Å². The van der Waals surface area contributed by atoms with Crippen LogP contribution in [0.3, 0.4) is 0 Å². The normalized spacial score (nSPS) is 11.0. The van der Waals surface area contributed by atoms with E-state index in [9.17, 15) is 18.0 Å². The third-order valence-corrected chi connectivity index (χ3v) is 3.03. The van der Waals surface area contributed by atoms with Crippen LogP contribution in [0.2, 0.25) is 0 Å². The number of urea groups is 1. The number of amides is 2. The number of carbonyl (C=O) groups is 1. The van der Waals surface area contributed by atoms with Crippen molar-refractivity contribution in [2.24, 2.45) is 0 Å². The van der Waals surface area contributed by atoms with E-state index in [1.807, 2.05) is 19.1 Å². The Bertz CT molecular complexity index is 705. The van der Waals surface area contributed by atoms with Crippen LogP contribution in [0.1, 0.15) is 11.1 Å². The number of para-hydroxylation sites is 1. The van der Waals surface area contributed by atoms with Gasteiger partial charge >= 0.3 is 12.2 Å². The number of aryl methyl sites for hydroxylation is 1. The summed E-state index contributed by atoms with van der Waals surface area (Å²) in [5.74, 6) is -0.147. The number of hydrogen-bond donors (Lipinski definition) is 2. The highest BCUT2D eigenvalue weighted by molar-refractivity contribution is 5.89. The van der Waals surface area contributed by atoms with E-state index in [1.54, 1.807) is 18.2 Å². The summed E-state index contributed by atoms with van der Waals surface area (Å²) in [6.07, 6.45) is -3.11. The Morgan fingerprint density at radius 3 is 2.71 bits per heavy atom. The van der Waals surface area contributed by atoms with Crippen LogP contribution >= 0.6 is 0 Å². The summed E-state index contributed by atoms with van der Waals surface area (Å²) >= 11 is 0. The van der Waals surface area contributed by atoms with Gasteiger partial charge in [-0.3, -0.25) is 0 Å². The second kappa shape index (κ2) is 7.67. The number of aromatic nitrogens is 1. The maximum absolute atomic E-state index is 12.1. The quantitative estimate of drug-likeness (QED) is 0.874. The second-order valence-electron chi connectivity index (χ2n) is 5.03. The summed E-state index contributed by atoms with van der Waals surface area (Å²) in [6.45, 7) is 0.579. The minimum absolute atomic E-state index is 0.128. The summed E-state index contributed by atoms with van der Waals surface area (Å²) in [4.78, 5) is 15.6. The van der Waals surface area contributed by atoms with Gasteiger partial charge in [-0.25, -0.2) is 9.78 Å². The lowest BCUT2D eigenvalue weighted by Crippen LogP contribution is -2.28. The topological polar surface area (TPSA) is 63.2 Å².